The van der Waals surface area contributed by atoms with Crippen LogP contribution in [0.1, 0.15) is 36.6 Å². The van der Waals surface area contributed by atoms with Crippen LogP contribution in [0.4, 0.5) is 0 Å². The Balaban J connectivity index is 2.17. The zero-order chi connectivity index (χ0) is 10.7. The van der Waals surface area contributed by atoms with Crippen LogP contribution >= 0.6 is 0 Å². The topological polar surface area (TPSA) is 31.9 Å². The van der Waals surface area contributed by atoms with Crippen LogP contribution in [0, 0.1) is 6.92 Å². The molecule has 0 amide bonds. The SMILES string of the molecule is C=CCN1CCCC[C@H]1c1[nH]ncc1C. The monoisotopic (exact) mass is 205 g/mol. The summed E-state index contributed by atoms with van der Waals surface area (Å²) in [5, 5.41) is 7.25. The van der Waals surface area contributed by atoms with Gasteiger partial charge in [0, 0.05) is 6.54 Å². The maximum Gasteiger partial charge on any atom is 0.0553 e. The van der Waals surface area contributed by atoms with Crippen molar-refractivity contribution in [1.82, 2.24) is 15.1 Å². The number of H-pyrrole nitrogens is 1. The number of piperidine rings is 1. The van der Waals surface area contributed by atoms with Crippen LogP contribution in [0.25, 0.3) is 0 Å². The average molecular weight is 205 g/mol. The molecule has 1 aromatic rings. The highest BCUT2D eigenvalue weighted by atomic mass is 15.2. The first-order chi connectivity index (χ1) is 7.33. The fourth-order valence-electron chi connectivity index (χ4n) is 2.40. The third-order valence-electron chi connectivity index (χ3n) is 3.18. The summed E-state index contributed by atoms with van der Waals surface area (Å²) in [5.74, 6) is 0. The minimum absolute atomic E-state index is 0.513. The summed E-state index contributed by atoms with van der Waals surface area (Å²) in [7, 11) is 0. The molecule has 2 heterocycles. The largest absolute Gasteiger partial charge is 0.291 e. The van der Waals surface area contributed by atoms with E-state index in [1.54, 1.807) is 0 Å². The normalized spacial score (nSPS) is 22.9. The molecule has 0 radical (unpaired) electrons. The van der Waals surface area contributed by atoms with Crippen molar-refractivity contribution in [3.8, 4) is 0 Å². The minimum atomic E-state index is 0.513. The molecule has 0 bridgehead atoms. The van der Waals surface area contributed by atoms with Gasteiger partial charge in [0.05, 0.1) is 17.9 Å². The van der Waals surface area contributed by atoms with E-state index >= 15 is 0 Å². The van der Waals surface area contributed by atoms with E-state index in [0.29, 0.717) is 6.04 Å². The number of aryl methyl sites for hydroxylation is 1. The van der Waals surface area contributed by atoms with Crippen LogP contribution in [0.2, 0.25) is 0 Å². The fraction of sp³-hybridized carbons (Fsp3) is 0.583. The molecular weight excluding hydrogens is 186 g/mol. The molecule has 0 unspecified atom stereocenters. The van der Waals surface area contributed by atoms with Gasteiger partial charge in [0.1, 0.15) is 0 Å². The Kier molecular flexibility index (Phi) is 3.21. The number of nitrogens with zero attached hydrogens (tertiary/aromatic N) is 2. The quantitative estimate of drug-likeness (QED) is 0.769. The lowest BCUT2D eigenvalue weighted by Gasteiger charge is -2.34. The number of hydrogen-bond donors (Lipinski definition) is 1. The predicted molar refractivity (Wildman–Crippen MR) is 61.7 cm³/mol. The van der Waals surface area contributed by atoms with Crippen LogP contribution in [0.3, 0.4) is 0 Å². The van der Waals surface area contributed by atoms with Crippen molar-refractivity contribution in [2.24, 2.45) is 0 Å². The number of nitrogens with one attached hydrogen (secondary N) is 1. The van der Waals surface area contributed by atoms with Crippen LogP contribution in [0.15, 0.2) is 18.9 Å². The summed E-state index contributed by atoms with van der Waals surface area (Å²) in [4.78, 5) is 2.48. The second-order valence-corrected chi connectivity index (χ2v) is 4.26. The van der Waals surface area contributed by atoms with Crippen molar-refractivity contribution in [1.29, 1.82) is 0 Å². The van der Waals surface area contributed by atoms with Crippen molar-refractivity contribution in [2.75, 3.05) is 13.1 Å². The smallest absolute Gasteiger partial charge is 0.0553 e. The van der Waals surface area contributed by atoms with Gasteiger partial charge in [0.25, 0.3) is 0 Å². The molecule has 2 rings (SSSR count). The summed E-state index contributed by atoms with van der Waals surface area (Å²) < 4.78 is 0. The molecule has 1 N–H and O–H groups in total. The molecule has 1 atom stereocenters. The summed E-state index contributed by atoms with van der Waals surface area (Å²) >= 11 is 0. The molecule has 1 fully saturated rings. The first-order valence-electron chi connectivity index (χ1n) is 5.67. The highest BCUT2D eigenvalue weighted by Crippen LogP contribution is 2.30. The Hall–Kier alpha value is -1.09. The zero-order valence-electron chi connectivity index (χ0n) is 9.37. The van der Waals surface area contributed by atoms with Gasteiger partial charge in [-0.15, -0.1) is 6.58 Å². The molecule has 0 spiro atoms. The lowest BCUT2D eigenvalue weighted by molar-refractivity contribution is 0.162. The van der Waals surface area contributed by atoms with Crippen LogP contribution < -0.4 is 0 Å². The number of hydrogen-bond acceptors (Lipinski definition) is 2. The van der Waals surface area contributed by atoms with Crippen LogP contribution in [-0.2, 0) is 0 Å². The van der Waals surface area contributed by atoms with Gasteiger partial charge in [-0.1, -0.05) is 12.5 Å². The molecule has 1 saturated heterocycles. The first kappa shape index (κ1) is 10.4. The fourth-order valence-corrected chi connectivity index (χ4v) is 2.40. The molecule has 0 aliphatic carbocycles. The maximum atomic E-state index is 4.11. The molecule has 3 heteroatoms. The van der Waals surface area contributed by atoms with Crippen molar-refractivity contribution in [2.45, 2.75) is 32.2 Å². The molecule has 1 aromatic heterocycles. The lowest BCUT2D eigenvalue weighted by atomic mass is 9.97. The van der Waals surface area contributed by atoms with Crippen LogP contribution in [-0.4, -0.2) is 28.2 Å². The van der Waals surface area contributed by atoms with E-state index < -0.39 is 0 Å². The third kappa shape index (κ3) is 2.12. The standard InChI is InChI=1S/C12H19N3/c1-3-7-15-8-5-4-6-11(15)12-10(2)9-13-14-12/h3,9,11H,1,4-8H2,2H3,(H,13,14)/t11-/m0/s1. The van der Waals surface area contributed by atoms with E-state index in [0.717, 1.165) is 6.54 Å². The minimum Gasteiger partial charge on any atom is -0.291 e. The highest BCUT2D eigenvalue weighted by molar-refractivity contribution is 5.18. The Morgan fingerprint density at radius 3 is 3.20 bits per heavy atom. The predicted octanol–water partition coefficient (Wildman–Crippen LogP) is 2.43. The van der Waals surface area contributed by atoms with Crippen molar-refractivity contribution < 1.29 is 0 Å². The zero-order valence-corrected chi connectivity index (χ0v) is 9.37. The van der Waals surface area contributed by atoms with Gasteiger partial charge in [-0.05, 0) is 31.9 Å². The molecule has 0 aromatic carbocycles. The Labute approximate surface area is 91.2 Å². The van der Waals surface area contributed by atoms with Crippen molar-refractivity contribution in [3.05, 3.63) is 30.1 Å². The summed E-state index contributed by atoms with van der Waals surface area (Å²) in [6.45, 7) is 8.10. The summed E-state index contributed by atoms with van der Waals surface area (Å²) in [6, 6.07) is 0.513. The maximum absolute atomic E-state index is 4.11. The molecular formula is C12H19N3. The second kappa shape index (κ2) is 4.62. The lowest BCUT2D eigenvalue weighted by Crippen LogP contribution is -2.34. The Bertz CT molecular complexity index is 329. The Morgan fingerprint density at radius 2 is 2.53 bits per heavy atom. The van der Waals surface area contributed by atoms with Crippen molar-refractivity contribution in [3.63, 3.8) is 0 Å². The van der Waals surface area contributed by atoms with Gasteiger partial charge in [-0.2, -0.15) is 5.10 Å². The molecule has 3 nitrogen and oxygen atoms in total. The van der Waals surface area contributed by atoms with Gasteiger partial charge in [-0.3, -0.25) is 10.00 Å². The Morgan fingerprint density at radius 1 is 1.67 bits per heavy atom. The van der Waals surface area contributed by atoms with E-state index in [-0.39, 0.29) is 0 Å². The number of aromatic nitrogens is 2. The molecule has 15 heavy (non-hydrogen) atoms. The van der Waals surface area contributed by atoms with Gasteiger partial charge < -0.3 is 0 Å². The summed E-state index contributed by atoms with van der Waals surface area (Å²) in [5.41, 5.74) is 2.56. The van der Waals surface area contributed by atoms with E-state index in [2.05, 4.69) is 28.6 Å². The number of rotatable bonds is 3. The van der Waals surface area contributed by atoms with Crippen LogP contribution in [0.5, 0.6) is 0 Å². The van der Waals surface area contributed by atoms with E-state index in [1.165, 1.54) is 37.1 Å². The van der Waals surface area contributed by atoms with Gasteiger partial charge in [0.2, 0.25) is 0 Å². The summed E-state index contributed by atoms with van der Waals surface area (Å²) in [6.07, 6.45) is 7.76. The van der Waals surface area contributed by atoms with Crippen molar-refractivity contribution >= 4 is 0 Å². The van der Waals surface area contributed by atoms with Gasteiger partial charge in [0.15, 0.2) is 0 Å². The average Bonchev–Trinajstić information content (AvgIpc) is 2.66. The molecule has 1 aliphatic rings. The first-order valence-corrected chi connectivity index (χ1v) is 5.67. The number of aromatic amines is 1. The van der Waals surface area contributed by atoms with Gasteiger partial charge >= 0.3 is 0 Å². The number of likely N-dealkylation sites (tertiary alicyclic amines) is 1. The molecule has 1 aliphatic heterocycles. The van der Waals surface area contributed by atoms with E-state index in [9.17, 15) is 0 Å². The van der Waals surface area contributed by atoms with E-state index in [4.69, 9.17) is 0 Å². The van der Waals surface area contributed by atoms with E-state index in [1.807, 2.05) is 12.3 Å². The highest BCUT2D eigenvalue weighted by Gasteiger charge is 2.25. The second-order valence-electron chi connectivity index (χ2n) is 4.26. The molecule has 82 valence electrons. The third-order valence-corrected chi connectivity index (χ3v) is 3.18. The van der Waals surface area contributed by atoms with Gasteiger partial charge in [-0.25, -0.2) is 0 Å². The molecule has 0 saturated carbocycles.